The van der Waals surface area contributed by atoms with E-state index >= 15 is 0 Å². The van der Waals surface area contributed by atoms with Crippen molar-refractivity contribution in [3.8, 4) is 17.2 Å². The van der Waals surface area contributed by atoms with Gasteiger partial charge in [-0.25, -0.2) is 9.07 Å². The molecule has 182 valence electrons. The molecule has 2 N–H and O–H groups in total. The standard InChI is InChI=1S/C26H29FN6O2/c1-4-35-21-8-9-23(22(27)13-21)33-17(3)24-16(2)29-30-26(25(24)31-33)32-11-10-19(15-32)28-14-18-6-5-7-20(34)12-18/h5-9,12-13,19,28,34H,4,10-11,14-15H2,1-3H3/t19-/m1/s1. The molecule has 0 aliphatic carbocycles. The van der Waals surface area contributed by atoms with Crippen LogP contribution in [0.3, 0.4) is 0 Å². The van der Waals surface area contributed by atoms with Crippen LogP contribution in [0.15, 0.2) is 42.5 Å². The van der Waals surface area contributed by atoms with E-state index in [4.69, 9.17) is 9.84 Å². The molecule has 2 aromatic carbocycles. The molecule has 0 spiro atoms. The summed E-state index contributed by atoms with van der Waals surface area (Å²) in [6.45, 7) is 8.41. The first-order valence-electron chi connectivity index (χ1n) is 11.9. The SMILES string of the molecule is CCOc1ccc(-n2nc3c(N4CC[C@@H](NCc5cccc(O)c5)C4)nnc(C)c3c2C)c(F)c1. The molecule has 0 saturated carbocycles. The maximum atomic E-state index is 15.0. The summed E-state index contributed by atoms with van der Waals surface area (Å²) in [5.41, 5.74) is 3.69. The molecule has 5 rings (SSSR count). The molecule has 35 heavy (non-hydrogen) atoms. The Morgan fingerprint density at radius 1 is 1.17 bits per heavy atom. The third kappa shape index (κ3) is 4.51. The Morgan fingerprint density at radius 3 is 2.80 bits per heavy atom. The number of aromatic nitrogens is 4. The van der Waals surface area contributed by atoms with Crippen LogP contribution < -0.4 is 15.0 Å². The molecule has 0 radical (unpaired) electrons. The molecule has 1 fully saturated rings. The Hall–Kier alpha value is -3.72. The van der Waals surface area contributed by atoms with Gasteiger partial charge in [-0.3, -0.25) is 0 Å². The quantitative estimate of drug-likeness (QED) is 0.416. The summed E-state index contributed by atoms with van der Waals surface area (Å²) in [5.74, 6) is 1.07. The van der Waals surface area contributed by atoms with Crippen molar-refractivity contribution in [1.82, 2.24) is 25.3 Å². The van der Waals surface area contributed by atoms with Gasteiger partial charge in [0.1, 0.15) is 22.7 Å². The van der Waals surface area contributed by atoms with Gasteiger partial charge in [-0.2, -0.15) is 10.2 Å². The number of hydrogen-bond donors (Lipinski definition) is 2. The van der Waals surface area contributed by atoms with Crippen LogP contribution in [-0.4, -0.2) is 50.8 Å². The Kier molecular flexibility index (Phi) is 6.25. The summed E-state index contributed by atoms with van der Waals surface area (Å²) in [7, 11) is 0. The topological polar surface area (TPSA) is 88.3 Å². The van der Waals surface area contributed by atoms with Crippen molar-refractivity contribution >= 4 is 16.7 Å². The number of phenols is 1. The molecule has 3 heterocycles. The van der Waals surface area contributed by atoms with E-state index in [1.807, 2.05) is 32.9 Å². The number of nitrogens with zero attached hydrogens (tertiary/aromatic N) is 5. The van der Waals surface area contributed by atoms with Crippen molar-refractivity contribution in [2.45, 2.75) is 39.8 Å². The molecule has 2 aromatic heterocycles. The molecule has 0 unspecified atom stereocenters. The van der Waals surface area contributed by atoms with Crippen molar-refractivity contribution < 1.29 is 14.2 Å². The molecule has 9 heteroatoms. The first kappa shape index (κ1) is 23.0. The van der Waals surface area contributed by atoms with Crippen molar-refractivity contribution in [1.29, 1.82) is 0 Å². The van der Waals surface area contributed by atoms with E-state index < -0.39 is 5.82 Å². The molecule has 0 bridgehead atoms. The maximum Gasteiger partial charge on any atom is 0.179 e. The number of benzene rings is 2. The Labute approximate surface area is 203 Å². The van der Waals surface area contributed by atoms with E-state index in [-0.39, 0.29) is 11.8 Å². The summed E-state index contributed by atoms with van der Waals surface area (Å²) in [6, 6.07) is 12.4. The van der Waals surface area contributed by atoms with Crippen LogP contribution in [-0.2, 0) is 6.54 Å². The lowest BCUT2D eigenvalue weighted by Crippen LogP contribution is -2.32. The third-order valence-electron chi connectivity index (χ3n) is 6.44. The molecular formula is C26H29FN6O2. The van der Waals surface area contributed by atoms with Crippen molar-refractivity contribution in [3.05, 3.63) is 65.2 Å². The largest absolute Gasteiger partial charge is 0.508 e. The number of rotatable bonds is 7. The number of anilines is 1. The average Bonchev–Trinajstić information content (AvgIpc) is 3.44. The molecule has 4 aromatic rings. The molecular weight excluding hydrogens is 447 g/mol. The van der Waals surface area contributed by atoms with Crippen LogP contribution in [0.5, 0.6) is 11.5 Å². The van der Waals surface area contributed by atoms with Crippen LogP contribution in [0.2, 0.25) is 0 Å². The van der Waals surface area contributed by atoms with Gasteiger partial charge in [-0.1, -0.05) is 12.1 Å². The number of nitrogens with one attached hydrogen (secondary N) is 1. The van der Waals surface area contributed by atoms with Gasteiger partial charge in [0.2, 0.25) is 0 Å². The Balaban J connectivity index is 1.41. The van der Waals surface area contributed by atoms with Crippen molar-refractivity contribution in [3.63, 3.8) is 0 Å². The number of fused-ring (bicyclic) bond motifs is 1. The van der Waals surface area contributed by atoms with Crippen molar-refractivity contribution in [2.24, 2.45) is 0 Å². The average molecular weight is 477 g/mol. The van der Waals surface area contributed by atoms with Crippen molar-refractivity contribution in [2.75, 3.05) is 24.6 Å². The van der Waals surface area contributed by atoms with Crippen LogP contribution in [0.1, 0.15) is 30.3 Å². The number of aryl methyl sites for hydroxylation is 2. The van der Waals surface area contributed by atoms with Gasteiger partial charge < -0.3 is 20.1 Å². The highest BCUT2D eigenvalue weighted by atomic mass is 19.1. The molecule has 1 aliphatic heterocycles. The summed E-state index contributed by atoms with van der Waals surface area (Å²) >= 11 is 0. The second-order valence-electron chi connectivity index (χ2n) is 8.86. The van der Waals surface area contributed by atoms with Gasteiger partial charge in [0, 0.05) is 31.7 Å². The monoisotopic (exact) mass is 476 g/mol. The van der Waals surface area contributed by atoms with Gasteiger partial charge in [-0.15, -0.1) is 5.10 Å². The molecule has 8 nitrogen and oxygen atoms in total. The Morgan fingerprint density at radius 2 is 2.03 bits per heavy atom. The highest BCUT2D eigenvalue weighted by Crippen LogP contribution is 2.32. The summed E-state index contributed by atoms with van der Waals surface area (Å²) in [4.78, 5) is 2.18. The maximum absolute atomic E-state index is 15.0. The smallest absolute Gasteiger partial charge is 0.179 e. The lowest BCUT2D eigenvalue weighted by Gasteiger charge is -2.18. The summed E-state index contributed by atoms with van der Waals surface area (Å²) < 4.78 is 22.0. The van der Waals surface area contributed by atoms with Gasteiger partial charge in [0.05, 0.1) is 23.4 Å². The van der Waals surface area contributed by atoms with Gasteiger partial charge >= 0.3 is 0 Å². The predicted octanol–water partition coefficient (Wildman–Crippen LogP) is 4.04. The summed E-state index contributed by atoms with van der Waals surface area (Å²) in [6.07, 6.45) is 0.947. The second-order valence-corrected chi connectivity index (χ2v) is 8.86. The van der Waals surface area contributed by atoms with Crippen LogP contribution >= 0.6 is 0 Å². The first-order valence-corrected chi connectivity index (χ1v) is 11.9. The first-order chi connectivity index (χ1) is 16.9. The molecule has 0 amide bonds. The molecule has 1 saturated heterocycles. The normalized spacial score (nSPS) is 15.8. The van der Waals surface area contributed by atoms with E-state index in [2.05, 4.69) is 20.4 Å². The van der Waals surface area contributed by atoms with Crippen LogP contribution in [0.4, 0.5) is 10.2 Å². The third-order valence-corrected chi connectivity index (χ3v) is 6.44. The minimum Gasteiger partial charge on any atom is -0.508 e. The fourth-order valence-corrected chi connectivity index (χ4v) is 4.72. The zero-order chi connectivity index (χ0) is 24.5. The minimum atomic E-state index is -0.399. The Bertz CT molecular complexity index is 1370. The highest BCUT2D eigenvalue weighted by Gasteiger charge is 2.27. The number of aromatic hydroxyl groups is 1. The van der Waals surface area contributed by atoms with Crippen LogP contribution in [0.25, 0.3) is 16.6 Å². The number of halogens is 1. The fraction of sp³-hybridized carbons (Fsp3) is 0.346. The second kappa shape index (κ2) is 9.50. The number of hydrogen-bond acceptors (Lipinski definition) is 7. The lowest BCUT2D eigenvalue weighted by molar-refractivity contribution is 0.338. The van der Waals surface area contributed by atoms with E-state index in [0.29, 0.717) is 30.4 Å². The van der Waals surface area contributed by atoms with Crippen LogP contribution in [0, 0.1) is 19.7 Å². The zero-order valence-electron chi connectivity index (χ0n) is 20.1. The van der Waals surface area contributed by atoms with E-state index in [1.54, 1.807) is 28.9 Å². The molecule has 1 aliphatic rings. The predicted molar refractivity (Wildman–Crippen MR) is 133 cm³/mol. The summed E-state index contributed by atoms with van der Waals surface area (Å²) in [5, 5.41) is 27.8. The number of phenolic OH excluding ortho intramolecular Hbond substituents is 1. The van der Waals surface area contributed by atoms with E-state index in [0.717, 1.165) is 47.4 Å². The zero-order valence-corrected chi connectivity index (χ0v) is 20.1. The minimum absolute atomic E-state index is 0.266. The number of ether oxygens (including phenoxy) is 1. The highest BCUT2D eigenvalue weighted by molar-refractivity contribution is 5.92. The molecule has 1 atom stereocenters. The lowest BCUT2D eigenvalue weighted by atomic mass is 10.2. The fourth-order valence-electron chi connectivity index (χ4n) is 4.72. The van der Waals surface area contributed by atoms with Gasteiger partial charge in [0.15, 0.2) is 11.6 Å². The van der Waals surface area contributed by atoms with Gasteiger partial charge in [0.25, 0.3) is 0 Å². The van der Waals surface area contributed by atoms with E-state index in [9.17, 15) is 9.50 Å². The van der Waals surface area contributed by atoms with E-state index in [1.165, 1.54) is 6.07 Å². The van der Waals surface area contributed by atoms with Gasteiger partial charge in [-0.05, 0) is 57.0 Å².